The average Bonchev–Trinajstić information content (AvgIpc) is 2.59. The summed E-state index contributed by atoms with van der Waals surface area (Å²) >= 11 is 0. The molecule has 1 aromatic heterocycles. The second kappa shape index (κ2) is 6.41. The summed E-state index contributed by atoms with van der Waals surface area (Å²) in [7, 11) is 1.62. The molecule has 0 aliphatic rings. The highest BCUT2D eigenvalue weighted by Crippen LogP contribution is 2.18. The third-order valence-electron chi connectivity index (χ3n) is 3.43. The van der Waals surface area contributed by atoms with Crippen molar-refractivity contribution >= 4 is 16.9 Å². The summed E-state index contributed by atoms with van der Waals surface area (Å²) in [5.74, 6) is 1.41. The highest BCUT2D eigenvalue weighted by Gasteiger charge is 2.08. The topological polar surface area (TPSA) is 67.3 Å². The van der Waals surface area contributed by atoms with Crippen LogP contribution in [0.3, 0.4) is 0 Å². The Bertz CT molecular complexity index is 759. The maximum Gasteiger partial charge on any atom is 0.145 e. The summed E-state index contributed by atoms with van der Waals surface area (Å²) in [6.45, 7) is 0.360. The van der Waals surface area contributed by atoms with E-state index in [9.17, 15) is 5.11 Å². The van der Waals surface area contributed by atoms with Crippen molar-refractivity contribution in [2.45, 2.75) is 6.10 Å². The van der Waals surface area contributed by atoms with Crippen LogP contribution >= 0.6 is 0 Å². The zero-order valence-electron chi connectivity index (χ0n) is 12.2. The highest BCUT2D eigenvalue weighted by atomic mass is 16.5. The molecule has 22 heavy (non-hydrogen) atoms. The summed E-state index contributed by atoms with van der Waals surface area (Å²) in [6, 6.07) is 15.0. The van der Waals surface area contributed by atoms with E-state index in [2.05, 4.69) is 15.3 Å². The van der Waals surface area contributed by atoms with Crippen LogP contribution in [-0.2, 0) is 0 Å². The van der Waals surface area contributed by atoms with Gasteiger partial charge in [0.25, 0.3) is 0 Å². The van der Waals surface area contributed by atoms with E-state index in [0.29, 0.717) is 12.4 Å². The van der Waals surface area contributed by atoms with Crippen molar-refractivity contribution < 1.29 is 9.84 Å². The van der Waals surface area contributed by atoms with Gasteiger partial charge >= 0.3 is 0 Å². The lowest BCUT2D eigenvalue weighted by atomic mass is 10.1. The quantitative estimate of drug-likeness (QED) is 0.757. The van der Waals surface area contributed by atoms with E-state index in [1.54, 1.807) is 13.3 Å². The molecule has 1 heterocycles. The number of rotatable bonds is 5. The van der Waals surface area contributed by atoms with E-state index in [0.717, 1.165) is 22.3 Å². The summed E-state index contributed by atoms with van der Waals surface area (Å²) < 4.78 is 5.10. The fourth-order valence-corrected chi connectivity index (χ4v) is 2.19. The number of nitrogens with one attached hydrogen (secondary N) is 1. The molecule has 0 radical (unpaired) electrons. The van der Waals surface area contributed by atoms with Crippen LogP contribution in [0.4, 0.5) is 5.82 Å². The van der Waals surface area contributed by atoms with Gasteiger partial charge in [0.2, 0.25) is 0 Å². The van der Waals surface area contributed by atoms with Gasteiger partial charge < -0.3 is 15.2 Å². The number of aromatic nitrogens is 2. The van der Waals surface area contributed by atoms with E-state index in [1.807, 2.05) is 48.5 Å². The van der Waals surface area contributed by atoms with E-state index in [4.69, 9.17) is 4.74 Å². The zero-order valence-corrected chi connectivity index (χ0v) is 12.2. The molecule has 0 spiro atoms. The van der Waals surface area contributed by atoms with Crippen LogP contribution < -0.4 is 10.1 Å². The number of para-hydroxylation sites is 2. The molecule has 0 amide bonds. The van der Waals surface area contributed by atoms with Crippen LogP contribution in [-0.4, -0.2) is 28.7 Å². The highest BCUT2D eigenvalue weighted by molar-refractivity contribution is 5.75. The second-order valence-electron chi connectivity index (χ2n) is 4.91. The fraction of sp³-hybridized carbons (Fsp3) is 0.176. The van der Waals surface area contributed by atoms with Crippen LogP contribution in [0.5, 0.6) is 5.75 Å². The SMILES string of the molecule is COc1ccc([C@@H](O)CNc2cnc3ccccc3n2)cc1. The lowest BCUT2D eigenvalue weighted by molar-refractivity contribution is 0.191. The van der Waals surface area contributed by atoms with Gasteiger partial charge in [0, 0.05) is 6.54 Å². The number of methoxy groups -OCH3 is 1. The Morgan fingerprint density at radius 3 is 2.55 bits per heavy atom. The molecule has 3 aromatic rings. The Balaban J connectivity index is 1.67. The van der Waals surface area contributed by atoms with Gasteiger partial charge in [-0.05, 0) is 29.8 Å². The lowest BCUT2D eigenvalue weighted by Gasteiger charge is -2.13. The molecular weight excluding hydrogens is 278 g/mol. The van der Waals surface area contributed by atoms with Crippen molar-refractivity contribution in [1.29, 1.82) is 0 Å². The van der Waals surface area contributed by atoms with Gasteiger partial charge in [-0.3, -0.25) is 4.98 Å². The molecule has 2 aromatic carbocycles. The van der Waals surface area contributed by atoms with E-state index < -0.39 is 6.10 Å². The van der Waals surface area contributed by atoms with Crippen LogP contribution in [0, 0.1) is 0 Å². The first kappa shape index (κ1) is 14.3. The van der Waals surface area contributed by atoms with E-state index in [1.165, 1.54) is 0 Å². The van der Waals surface area contributed by atoms with Crippen LogP contribution in [0.15, 0.2) is 54.7 Å². The Morgan fingerprint density at radius 2 is 1.82 bits per heavy atom. The third-order valence-corrected chi connectivity index (χ3v) is 3.43. The van der Waals surface area contributed by atoms with Gasteiger partial charge in [0.1, 0.15) is 11.6 Å². The van der Waals surface area contributed by atoms with Gasteiger partial charge in [0.15, 0.2) is 0 Å². The van der Waals surface area contributed by atoms with Crippen molar-refractivity contribution in [2.24, 2.45) is 0 Å². The van der Waals surface area contributed by atoms with Gasteiger partial charge in [0.05, 0.1) is 30.4 Å². The smallest absolute Gasteiger partial charge is 0.145 e. The Hall–Kier alpha value is -2.66. The monoisotopic (exact) mass is 295 g/mol. The second-order valence-corrected chi connectivity index (χ2v) is 4.91. The fourth-order valence-electron chi connectivity index (χ4n) is 2.19. The molecule has 5 nitrogen and oxygen atoms in total. The minimum atomic E-state index is -0.626. The molecule has 1 atom stereocenters. The van der Waals surface area contributed by atoms with E-state index >= 15 is 0 Å². The van der Waals surface area contributed by atoms with Crippen LogP contribution in [0.25, 0.3) is 11.0 Å². The lowest BCUT2D eigenvalue weighted by Crippen LogP contribution is -2.13. The number of ether oxygens (including phenoxy) is 1. The first-order valence-corrected chi connectivity index (χ1v) is 7.04. The number of fused-ring (bicyclic) bond motifs is 1. The largest absolute Gasteiger partial charge is 0.497 e. The Labute approximate surface area is 128 Å². The molecule has 0 bridgehead atoms. The molecule has 0 unspecified atom stereocenters. The molecule has 112 valence electrons. The predicted molar refractivity (Wildman–Crippen MR) is 86.0 cm³/mol. The van der Waals surface area contributed by atoms with Crippen LogP contribution in [0.2, 0.25) is 0 Å². The maximum absolute atomic E-state index is 10.2. The van der Waals surface area contributed by atoms with Gasteiger partial charge in [-0.25, -0.2) is 4.98 Å². The number of aliphatic hydroxyl groups excluding tert-OH is 1. The minimum absolute atomic E-state index is 0.360. The summed E-state index contributed by atoms with van der Waals surface area (Å²) in [5.41, 5.74) is 2.50. The number of nitrogens with zero attached hydrogens (tertiary/aromatic N) is 2. The number of benzene rings is 2. The molecular formula is C17H17N3O2. The van der Waals surface area contributed by atoms with Crippen molar-refractivity contribution in [1.82, 2.24) is 9.97 Å². The minimum Gasteiger partial charge on any atom is -0.497 e. The van der Waals surface area contributed by atoms with Crippen molar-refractivity contribution in [2.75, 3.05) is 19.0 Å². The van der Waals surface area contributed by atoms with Crippen molar-refractivity contribution in [3.8, 4) is 5.75 Å². The molecule has 3 rings (SSSR count). The van der Waals surface area contributed by atoms with Gasteiger partial charge in [-0.15, -0.1) is 0 Å². The number of anilines is 1. The first-order chi connectivity index (χ1) is 10.8. The molecule has 0 saturated heterocycles. The number of hydrogen-bond acceptors (Lipinski definition) is 5. The summed E-state index contributed by atoms with van der Waals surface area (Å²) in [5, 5.41) is 13.3. The normalized spacial score (nSPS) is 12.1. The molecule has 0 aliphatic heterocycles. The van der Waals surface area contributed by atoms with Crippen LogP contribution in [0.1, 0.15) is 11.7 Å². The molecule has 2 N–H and O–H groups in total. The molecule has 0 fully saturated rings. The van der Waals surface area contributed by atoms with Gasteiger partial charge in [-0.2, -0.15) is 0 Å². The van der Waals surface area contributed by atoms with Gasteiger partial charge in [-0.1, -0.05) is 24.3 Å². The Kier molecular flexibility index (Phi) is 4.16. The number of aliphatic hydroxyl groups is 1. The Morgan fingerprint density at radius 1 is 1.09 bits per heavy atom. The van der Waals surface area contributed by atoms with Crippen molar-refractivity contribution in [3.63, 3.8) is 0 Å². The molecule has 0 aliphatic carbocycles. The maximum atomic E-state index is 10.2. The summed E-state index contributed by atoms with van der Waals surface area (Å²) in [4.78, 5) is 8.79. The predicted octanol–water partition coefficient (Wildman–Crippen LogP) is 2.78. The van der Waals surface area contributed by atoms with E-state index in [-0.39, 0.29) is 0 Å². The summed E-state index contributed by atoms with van der Waals surface area (Å²) in [6.07, 6.45) is 1.04. The standard InChI is InChI=1S/C17H17N3O2/c1-22-13-8-6-12(7-9-13)16(21)10-19-17-11-18-14-4-2-3-5-15(14)20-17/h2-9,11,16,21H,10H2,1H3,(H,19,20)/t16-/m0/s1. The molecule has 5 heteroatoms. The third kappa shape index (κ3) is 3.15. The number of hydrogen-bond donors (Lipinski definition) is 2. The zero-order chi connectivity index (χ0) is 15.4. The first-order valence-electron chi connectivity index (χ1n) is 7.04. The molecule has 0 saturated carbocycles. The average molecular weight is 295 g/mol. The van der Waals surface area contributed by atoms with Crippen molar-refractivity contribution in [3.05, 3.63) is 60.3 Å².